The van der Waals surface area contributed by atoms with E-state index in [0.717, 1.165) is 11.3 Å². The summed E-state index contributed by atoms with van der Waals surface area (Å²) < 4.78 is 0. The third kappa shape index (κ3) is 1.78. The van der Waals surface area contributed by atoms with E-state index in [1.807, 2.05) is 0 Å². The normalized spacial score (nSPS) is 10.2. The molecule has 0 unspecified atom stereocenters. The topological polar surface area (TPSA) is 12.4 Å². The molecule has 2 aromatic rings. The van der Waals surface area contributed by atoms with Gasteiger partial charge in [0.1, 0.15) is 0 Å². The maximum Gasteiger partial charge on any atom is 0.0804 e. The van der Waals surface area contributed by atoms with Gasteiger partial charge in [0.15, 0.2) is 0 Å². The highest BCUT2D eigenvalue weighted by Crippen LogP contribution is 2.31. The lowest BCUT2D eigenvalue weighted by molar-refractivity contribution is 1.36. The number of thiocarbonyl (C=S) groups is 1. The van der Waals surface area contributed by atoms with E-state index in [1.54, 1.807) is 0 Å². The lowest BCUT2D eigenvalue weighted by Gasteiger charge is -2.09. The van der Waals surface area contributed by atoms with Crippen molar-refractivity contribution in [1.29, 1.82) is 0 Å². The van der Waals surface area contributed by atoms with Crippen molar-refractivity contribution in [2.75, 3.05) is 0 Å². The predicted octanol–water partition coefficient (Wildman–Crippen LogP) is 4.50. The first kappa shape index (κ1) is 11.0. The number of rotatable bonds is 1. The second kappa shape index (κ2) is 4.17. The van der Waals surface area contributed by atoms with Crippen molar-refractivity contribution in [3.05, 3.63) is 41.0 Å². The van der Waals surface area contributed by atoms with Gasteiger partial charge in [-0.1, -0.05) is 23.8 Å². The van der Waals surface area contributed by atoms with E-state index in [1.165, 1.54) is 21.9 Å². The number of fused-ring (bicyclic) bond motifs is 1. The van der Waals surface area contributed by atoms with Crippen molar-refractivity contribution in [2.24, 2.45) is 4.99 Å². The molecule has 0 atom stereocenters. The molecule has 0 saturated heterocycles. The molecule has 0 aromatic heterocycles. The molecule has 0 saturated carbocycles. The zero-order chi connectivity index (χ0) is 11.7. The molecular formula is C14H13NS. The second-order valence-electron chi connectivity index (χ2n) is 4.09. The number of aliphatic imine (C=N–C) groups is 1. The van der Waals surface area contributed by atoms with Crippen LogP contribution in [0, 0.1) is 20.8 Å². The molecule has 2 aromatic carbocycles. The fourth-order valence-electron chi connectivity index (χ4n) is 2.09. The molecule has 0 radical (unpaired) electrons. The Bertz CT molecular complexity index is 608. The number of hydrogen-bond acceptors (Lipinski definition) is 2. The first-order valence-corrected chi connectivity index (χ1v) is 5.62. The summed E-state index contributed by atoms with van der Waals surface area (Å²) in [6.45, 7) is 6.24. The van der Waals surface area contributed by atoms with Gasteiger partial charge in [0.05, 0.1) is 10.8 Å². The van der Waals surface area contributed by atoms with Crippen molar-refractivity contribution in [3.8, 4) is 0 Å². The van der Waals surface area contributed by atoms with Crippen molar-refractivity contribution >= 4 is 33.8 Å². The molecule has 0 aliphatic heterocycles. The first-order valence-electron chi connectivity index (χ1n) is 5.22. The summed E-state index contributed by atoms with van der Waals surface area (Å²) in [6.07, 6.45) is 0. The van der Waals surface area contributed by atoms with Gasteiger partial charge in [-0.05, 0) is 61.0 Å². The fraction of sp³-hybridized carbons (Fsp3) is 0.214. The molecule has 16 heavy (non-hydrogen) atoms. The molecule has 2 rings (SSSR count). The number of hydrogen-bond donors (Lipinski definition) is 0. The van der Waals surface area contributed by atoms with E-state index in [4.69, 9.17) is 0 Å². The van der Waals surface area contributed by atoms with E-state index >= 15 is 0 Å². The third-order valence-corrected chi connectivity index (χ3v) is 2.96. The molecule has 0 N–H and O–H groups in total. The minimum absolute atomic E-state index is 0.950. The average Bonchev–Trinajstić information content (AvgIpc) is 2.23. The Balaban J connectivity index is 2.88. The maximum atomic E-state index is 4.68. The summed E-state index contributed by atoms with van der Waals surface area (Å²) in [5, 5.41) is 4.95. The van der Waals surface area contributed by atoms with Crippen molar-refractivity contribution in [3.63, 3.8) is 0 Å². The van der Waals surface area contributed by atoms with Gasteiger partial charge in [0, 0.05) is 0 Å². The van der Waals surface area contributed by atoms with Gasteiger partial charge >= 0.3 is 0 Å². The number of aryl methyl sites for hydroxylation is 3. The summed E-state index contributed by atoms with van der Waals surface area (Å²) in [7, 11) is 0. The van der Waals surface area contributed by atoms with Crippen LogP contribution in [0.1, 0.15) is 16.7 Å². The van der Waals surface area contributed by atoms with Gasteiger partial charge in [-0.15, -0.1) is 0 Å². The summed E-state index contributed by atoms with van der Waals surface area (Å²) >= 11 is 4.68. The van der Waals surface area contributed by atoms with Crippen molar-refractivity contribution in [2.45, 2.75) is 20.8 Å². The highest BCUT2D eigenvalue weighted by molar-refractivity contribution is 7.78. The van der Waals surface area contributed by atoms with Gasteiger partial charge in [-0.25, -0.2) is 0 Å². The molecule has 0 amide bonds. The van der Waals surface area contributed by atoms with E-state index in [-0.39, 0.29) is 0 Å². The highest BCUT2D eigenvalue weighted by atomic mass is 32.1. The molecule has 1 nitrogen and oxygen atoms in total. The van der Waals surface area contributed by atoms with Crippen LogP contribution < -0.4 is 0 Å². The summed E-state index contributed by atoms with van der Waals surface area (Å²) in [6, 6.07) is 8.61. The van der Waals surface area contributed by atoms with Gasteiger partial charge in [-0.3, -0.25) is 0 Å². The molecule has 0 spiro atoms. The van der Waals surface area contributed by atoms with Gasteiger partial charge in [-0.2, -0.15) is 4.99 Å². The quantitative estimate of drug-likeness (QED) is 0.516. The zero-order valence-corrected chi connectivity index (χ0v) is 10.5. The predicted molar refractivity (Wildman–Crippen MR) is 72.8 cm³/mol. The van der Waals surface area contributed by atoms with E-state index in [9.17, 15) is 0 Å². The number of benzene rings is 2. The molecule has 2 heteroatoms. The lowest BCUT2D eigenvalue weighted by Crippen LogP contribution is -1.85. The largest absolute Gasteiger partial charge is 0.194 e. The van der Waals surface area contributed by atoms with Crippen LogP contribution in [0.3, 0.4) is 0 Å². The molecule has 80 valence electrons. The third-order valence-electron chi connectivity index (χ3n) is 2.87. The molecule has 0 fully saturated rings. The molecule has 0 aliphatic carbocycles. The van der Waals surface area contributed by atoms with Crippen molar-refractivity contribution in [1.82, 2.24) is 0 Å². The Morgan fingerprint density at radius 3 is 2.56 bits per heavy atom. The van der Waals surface area contributed by atoms with Crippen LogP contribution in [-0.4, -0.2) is 5.16 Å². The molecule has 0 bridgehead atoms. The minimum atomic E-state index is 0.950. The fourth-order valence-corrected chi connectivity index (χ4v) is 2.18. The van der Waals surface area contributed by atoms with Crippen LogP contribution in [0.2, 0.25) is 0 Å². The van der Waals surface area contributed by atoms with Crippen LogP contribution in [0.25, 0.3) is 10.8 Å². The van der Waals surface area contributed by atoms with Crippen LogP contribution in [0.4, 0.5) is 5.69 Å². The standard InChI is InChI=1S/C14H13NS/c1-9-4-5-13-11(3)14(15-8-16)10(2)7-12(13)6-9/h4-7H,1-3H3. The van der Waals surface area contributed by atoms with Crippen LogP contribution in [-0.2, 0) is 0 Å². The van der Waals surface area contributed by atoms with Crippen LogP contribution >= 0.6 is 12.2 Å². The number of nitrogens with zero attached hydrogens (tertiary/aromatic N) is 1. The SMILES string of the molecule is Cc1ccc2c(C)c(N=C=S)c(C)cc2c1. The zero-order valence-electron chi connectivity index (χ0n) is 9.66. The summed E-state index contributed by atoms with van der Waals surface area (Å²) in [5.74, 6) is 0. The molecule has 0 heterocycles. The minimum Gasteiger partial charge on any atom is -0.194 e. The Morgan fingerprint density at radius 1 is 1.12 bits per heavy atom. The maximum absolute atomic E-state index is 4.68. The first-order chi connectivity index (χ1) is 7.63. The number of isothiocyanates is 1. The lowest BCUT2D eigenvalue weighted by atomic mass is 9.98. The van der Waals surface area contributed by atoms with E-state index in [2.05, 4.69) is 67.4 Å². The smallest absolute Gasteiger partial charge is 0.0804 e. The Morgan fingerprint density at radius 2 is 1.88 bits per heavy atom. The molecule has 0 aliphatic rings. The Hall–Kier alpha value is -1.50. The second-order valence-corrected chi connectivity index (χ2v) is 4.28. The van der Waals surface area contributed by atoms with Gasteiger partial charge in [0.25, 0.3) is 0 Å². The van der Waals surface area contributed by atoms with Gasteiger partial charge < -0.3 is 0 Å². The van der Waals surface area contributed by atoms with Gasteiger partial charge in [0.2, 0.25) is 0 Å². The summed E-state index contributed by atoms with van der Waals surface area (Å²) in [4.78, 5) is 4.14. The highest BCUT2D eigenvalue weighted by Gasteiger charge is 2.06. The van der Waals surface area contributed by atoms with E-state index in [0.29, 0.717) is 0 Å². The van der Waals surface area contributed by atoms with Crippen LogP contribution in [0.15, 0.2) is 29.3 Å². The van der Waals surface area contributed by atoms with E-state index < -0.39 is 0 Å². The van der Waals surface area contributed by atoms with Crippen LogP contribution in [0.5, 0.6) is 0 Å². The Kier molecular flexibility index (Phi) is 2.86. The Labute approximate surface area is 101 Å². The van der Waals surface area contributed by atoms with Crippen molar-refractivity contribution < 1.29 is 0 Å². The monoisotopic (exact) mass is 227 g/mol. The average molecular weight is 227 g/mol. The molecular weight excluding hydrogens is 214 g/mol. The summed E-state index contributed by atoms with van der Waals surface area (Å²) in [5.41, 5.74) is 4.55.